The van der Waals surface area contributed by atoms with E-state index in [0.29, 0.717) is 12.8 Å². The fraction of sp³-hybridized carbons (Fsp3) is 0.600. The highest BCUT2D eigenvalue weighted by Gasteiger charge is 2.33. The molecule has 2 amide bonds. The smallest absolute Gasteiger partial charge is 0.407 e. The number of anilines is 1. The van der Waals surface area contributed by atoms with Crippen LogP contribution in [0.3, 0.4) is 0 Å². The molecule has 1 heterocycles. The third kappa shape index (κ3) is 5.52. The van der Waals surface area contributed by atoms with Gasteiger partial charge in [0.05, 0.1) is 17.6 Å². The maximum Gasteiger partial charge on any atom is 0.407 e. The molecule has 0 spiro atoms. The number of amides is 2. The number of methoxy groups -OCH3 is 1. The zero-order valence-corrected chi connectivity index (χ0v) is 18.3. The lowest BCUT2D eigenvalue weighted by Gasteiger charge is -2.38. The Balaban J connectivity index is 2.25. The Kier molecular flexibility index (Phi) is 7.12. The average Bonchev–Trinajstić information content (AvgIpc) is 2.66. The van der Waals surface area contributed by atoms with E-state index in [0.717, 1.165) is 0 Å². The number of nitrogens with one attached hydrogen (secondary N) is 2. The minimum atomic E-state index is -0.619. The number of hydrogen-bond acceptors (Lipinski definition) is 7. The highest BCUT2D eigenvalue weighted by Crippen LogP contribution is 2.36. The Hall–Kier alpha value is -3.04. The van der Waals surface area contributed by atoms with E-state index in [2.05, 4.69) is 10.6 Å². The molecule has 1 aliphatic rings. The molecule has 0 saturated carbocycles. The summed E-state index contributed by atoms with van der Waals surface area (Å²) in [7, 11) is 2.93. The molecule has 166 valence electrons. The summed E-state index contributed by atoms with van der Waals surface area (Å²) in [5.74, 6) is -0.148. The molecule has 0 aromatic heterocycles. The predicted octanol–water partition coefficient (Wildman–Crippen LogP) is 3.16. The van der Waals surface area contributed by atoms with E-state index in [9.17, 15) is 19.7 Å². The molecule has 30 heavy (non-hydrogen) atoms. The summed E-state index contributed by atoms with van der Waals surface area (Å²) in [6.07, 6.45) is 0.844. The van der Waals surface area contributed by atoms with E-state index < -0.39 is 16.6 Å². The van der Waals surface area contributed by atoms with Gasteiger partial charge in [-0.15, -0.1) is 0 Å². The fourth-order valence-corrected chi connectivity index (χ4v) is 3.43. The number of benzene rings is 1. The monoisotopic (exact) mass is 422 g/mol. The summed E-state index contributed by atoms with van der Waals surface area (Å²) < 4.78 is 10.5. The zero-order chi connectivity index (χ0) is 22.6. The van der Waals surface area contributed by atoms with Crippen LogP contribution in [0.15, 0.2) is 12.1 Å². The van der Waals surface area contributed by atoms with Crippen LogP contribution < -0.4 is 15.4 Å². The van der Waals surface area contributed by atoms with Gasteiger partial charge >= 0.3 is 6.09 Å². The zero-order valence-electron chi connectivity index (χ0n) is 18.3. The molecule has 1 aliphatic heterocycles. The first-order valence-corrected chi connectivity index (χ1v) is 9.81. The molecule has 10 heteroatoms. The van der Waals surface area contributed by atoms with Crippen LogP contribution in [0, 0.1) is 10.1 Å². The van der Waals surface area contributed by atoms with E-state index in [-0.39, 0.29) is 47.2 Å². The number of carbonyl (C=O) groups excluding carboxylic acids is 2. The van der Waals surface area contributed by atoms with Crippen LogP contribution in [-0.4, -0.2) is 60.2 Å². The molecule has 2 rings (SSSR count). The largest absolute Gasteiger partial charge is 0.494 e. The van der Waals surface area contributed by atoms with Crippen molar-refractivity contribution in [2.75, 3.05) is 26.0 Å². The normalized spacial score (nSPS) is 19.1. The summed E-state index contributed by atoms with van der Waals surface area (Å²) in [6, 6.07) is 2.38. The molecule has 2 atom stereocenters. The number of piperidine rings is 1. The maximum absolute atomic E-state index is 13.2. The minimum absolute atomic E-state index is 0.0804. The first-order valence-electron chi connectivity index (χ1n) is 9.81. The van der Waals surface area contributed by atoms with Crippen molar-refractivity contribution in [1.29, 1.82) is 0 Å². The molecular formula is C20H30N4O6. The van der Waals surface area contributed by atoms with Crippen molar-refractivity contribution >= 4 is 23.4 Å². The molecule has 0 radical (unpaired) electrons. The van der Waals surface area contributed by atoms with E-state index in [1.807, 2.05) is 6.92 Å². The van der Waals surface area contributed by atoms with Gasteiger partial charge in [-0.25, -0.2) is 4.79 Å². The number of nitro benzene ring substituents is 1. The summed E-state index contributed by atoms with van der Waals surface area (Å²) in [6.45, 7) is 7.53. The number of hydrogen-bond donors (Lipinski definition) is 2. The van der Waals surface area contributed by atoms with Crippen LogP contribution in [0.1, 0.15) is 50.9 Å². The third-order valence-electron chi connectivity index (χ3n) is 4.86. The number of nitrogens with zero attached hydrogens (tertiary/aromatic N) is 2. The van der Waals surface area contributed by atoms with Gasteiger partial charge in [0, 0.05) is 31.7 Å². The minimum Gasteiger partial charge on any atom is -0.494 e. The van der Waals surface area contributed by atoms with Crippen molar-refractivity contribution in [2.24, 2.45) is 0 Å². The first-order chi connectivity index (χ1) is 14.0. The van der Waals surface area contributed by atoms with Crippen molar-refractivity contribution in [3.05, 3.63) is 27.8 Å². The number of ether oxygens (including phenoxy) is 2. The van der Waals surface area contributed by atoms with Crippen molar-refractivity contribution < 1.29 is 24.0 Å². The molecule has 1 aromatic rings. The predicted molar refractivity (Wildman–Crippen MR) is 112 cm³/mol. The average molecular weight is 422 g/mol. The Morgan fingerprint density at radius 3 is 2.47 bits per heavy atom. The maximum atomic E-state index is 13.2. The lowest BCUT2D eigenvalue weighted by molar-refractivity contribution is -0.384. The molecule has 1 aromatic carbocycles. The Morgan fingerprint density at radius 1 is 1.27 bits per heavy atom. The van der Waals surface area contributed by atoms with Crippen LogP contribution in [-0.2, 0) is 4.74 Å². The Bertz CT molecular complexity index is 820. The number of carbonyl (C=O) groups is 2. The van der Waals surface area contributed by atoms with E-state index in [1.165, 1.54) is 19.2 Å². The van der Waals surface area contributed by atoms with Gasteiger partial charge in [0.2, 0.25) is 0 Å². The third-order valence-corrected chi connectivity index (χ3v) is 4.86. The molecule has 0 bridgehead atoms. The van der Waals surface area contributed by atoms with E-state index in [4.69, 9.17) is 9.47 Å². The quantitative estimate of drug-likeness (QED) is 0.552. The van der Waals surface area contributed by atoms with Crippen LogP contribution >= 0.6 is 0 Å². The molecular weight excluding hydrogens is 392 g/mol. The van der Waals surface area contributed by atoms with Crippen LogP contribution in [0.2, 0.25) is 0 Å². The summed E-state index contributed by atoms with van der Waals surface area (Å²) >= 11 is 0. The first kappa shape index (κ1) is 23.2. The lowest BCUT2D eigenvalue weighted by atomic mass is 9.98. The fourth-order valence-electron chi connectivity index (χ4n) is 3.43. The lowest BCUT2D eigenvalue weighted by Crippen LogP contribution is -2.53. The van der Waals surface area contributed by atoms with Crippen molar-refractivity contribution in [3.8, 4) is 5.75 Å². The number of nitro groups is 1. The second-order valence-electron chi connectivity index (χ2n) is 8.31. The standard InChI is InChI=1S/C20H30N4O6/c1-12-7-8-14(22-19(26)30-20(2,3)4)11-23(12)18(25)13-9-15(24(27)28)17(21-5)16(10-13)29-6/h9-10,12,14,21H,7-8,11H2,1-6H3,(H,22,26). The van der Waals surface area contributed by atoms with E-state index >= 15 is 0 Å². The molecule has 0 aliphatic carbocycles. The second kappa shape index (κ2) is 9.19. The molecule has 10 nitrogen and oxygen atoms in total. The van der Waals surface area contributed by atoms with Gasteiger partial charge in [-0.3, -0.25) is 14.9 Å². The molecule has 1 saturated heterocycles. The topological polar surface area (TPSA) is 123 Å². The van der Waals surface area contributed by atoms with Crippen LogP contribution in [0.25, 0.3) is 0 Å². The van der Waals surface area contributed by atoms with Gasteiger partial charge in [0.25, 0.3) is 11.6 Å². The highest BCUT2D eigenvalue weighted by atomic mass is 16.6. The van der Waals surface area contributed by atoms with Gasteiger partial charge in [0.1, 0.15) is 11.4 Å². The summed E-state index contributed by atoms with van der Waals surface area (Å²) in [4.78, 5) is 37.8. The Morgan fingerprint density at radius 2 is 1.93 bits per heavy atom. The second-order valence-corrected chi connectivity index (χ2v) is 8.31. The highest BCUT2D eigenvalue weighted by molar-refractivity contribution is 5.97. The molecule has 2 N–H and O–H groups in total. The number of likely N-dealkylation sites (tertiary alicyclic amines) is 1. The van der Waals surface area contributed by atoms with Gasteiger partial charge in [-0.1, -0.05) is 0 Å². The SMILES string of the molecule is CNc1c(OC)cc(C(=O)N2CC(NC(=O)OC(C)(C)C)CCC2C)cc1[N+](=O)[O-]. The van der Waals surface area contributed by atoms with Gasteiger partial charge in [-0.2, -0.15) is 0 Å². The molecule has 2 unspecified atom stereocenters. The van der Waals surface area contributed by atoms with E-state index in [1.54, 1.807) is 32.7 Å². The Labute approximate surface area is 176 Å². The van der Waals surface area contributed by atoms with Crippen molar-refractivity contribution in [1.82, 2.24) is 10.2 Å². The number of rotatable bonds is 5. The van der Waals surface area contributed by atoms with Crippen molar-refractivity contribution in [3.63, 3.8) is 0 Å². The summed E-state index contributed by atoms with van der Waals surface area (Å²) in [5, 5.41) is 17.0. The van der Waals surface area contributed by atoms with Crippen molar-refractivity contribution in [2.45, 2.75) is 58.2 Å². The van der Waals surface area contributed by atoms with Crippen LogP contribution in [0.5, 0.6) is 5.75 Å². The van der Waals surface area contributed by atoms with Crippen LogP contribution in [0.4, 0.5) is 16.2 Å². The number of alkyl carbamates (subject to hydrolysis) is 1. The molecule has 1 fully saturated rings. The van der Waals surface area contributed by atoms with Gasteiger partial charge in [-0.05, 0) is 46.6 Å². The van der Waals surface area contributed by atoms with Gasteiger partial charge in [0.15, 0.2) is 5.69 Å². The summed E-state index contributed by atoms with van der Waals surface area (Å²) in [5.41, 5.74) is -0.502. The van der Waals surface area contributed by atoms with Gasteiger partial charge < -0.3 is 25.0 Å².